The molecule has 0 aliphatic rings. The van der Waals surface area contributed by atoms with Gasteiger partial charge in [0.2, 0.25) is 0 Å². The summed E-state index contributed by atoms with van der Waals surface area (Å²) < 4.78 is 0. The number of nitrogens with zero attached hydrogens (tertiary/aromatic N) is 1. The van der Waals surface area contributed by atoms with Crippen molar-refractivity contribution in [3.63, 3.8) is 0 Å². The number of hydrogen-bond donors (Lipinski definition) is 3. The maximum absolute atomic E-state index is 12.1. The summed E-state index contributed by atoms with van der Waals surface area (Å²) in [5.74, 6) is -0.689. The molecule has 2 rings (SSSR count). The van der Waals surface area contributed by atoms with E-state index in [0.29, 0.717) is 23.5 Å². The van der Waals surface area contributed by atoms with E-state index >= 15 is 0 Å². The van der Waals surface area contributed by atoms with E-state index in [-0.39, 0.29) is 12.5 Å². The van der Waals surface area contributed by atoms with E-state index < -0.39 is 11.4 Å². The Bertz CT molecular complexity index is 666. The molecule has 1 aromatic carbocycles. The minimum absolute atomic E-state index is 0.0136. The van der Waals surface area contributed by atoms with Gasteiger partial charge in [-0.1, -0.05) is 37.3 Å². The van der Waals surface area contributed by atoms with Crippen LogP contribution in [0.4, 0.5) is 0 Å². The number of H-pyrrole nitrogens is 1. The molecule has 1 unspecified atom stereocenters. The van der Waals surface area contributed by atoms with E-state index in [1.165, 1.54) is 6.20 Å². The number of amides is 1. The van der Waals surface area contributed by atoms with Crippen LogP contribution >= 0.6 is 0 Å². The highest BCUT2D eigenvalue weighted by Gasteiger charge is 2.39. The standard InChI is InChI=1S/C16H19N3O3/c1-3-16(15(21)22,12-7-5-4-6-8-12)10-18-14(20)13-9-17-11(2)19-13/h4-9H,3,10H2,1-2H3,(H,17,19)(H,18,20)(H,21,22). The maximum atomic E-state index is 12.1. The van der Waals surface area contributed by atoms with Gasteiger partial charge in [-0.05, 0) is 18.9 Å². The van der Waals surface area contributed by atoms with Crippen molar-refractivity contribution < 1.29 is 14.7 Å². The zero-order valence-electron chi connectivity index (χ0n) is 12.6. The van der Waals surface area contributed by atoms with Gasteiger partial charge in [-0.2, -0.15) is 0 Å². The number of aliphatic carboxylic acids is 1. The second kappa shape index (κ2) is 6.43. The number of carbonyl (C=O) groups is 2. The summed E-state index contributed by atoms with van der Waals surface area (Å²) in [6.45, 7) is 3.56. The smallest absolute Gasteiger partial charge is 0.315 e. The monoisotopic (exact) mass is 301 g/mol. The average molecular weight is 301 g/mol. The number of aromatic amines is 1. The minimum atomic E-state index is -1.15. The largest absolute Gasteiger partial charge is 0.481 e. The molecule has 2 aromatic rings. The molecule has 0 radical (unpaired) electrons. The summed E-state index contributed by atoms with van der Waals surface area (Å²) in [4.78, 5) is 30.7. The van der Waals surface area contributed by atoms with Crippen molar-refractivity contribution in [1.82, 2.24) is 15.3 Å². The Kier molecular flexibility index (Phi) is 4.60. The Balaban J connectivity index is 2.21. The van der Waals surface area contributed by atoms with Gasteiger partial charge >= 0.3 is 5.97 Å². The fourth-order valence-electron chi connectivity index (χ4n) is 2.40. The normalized spacial score (nSPS) is 13.4. The number of carbonyl (C=O) groups excluding carboxylic acids is 1. The van der Waals surface area contributed by atoms with Gasteiger partial charge in [0.05, 0.1) is 6.20 Å². The van der Waals surface area contributed by atoms with Crippen molar-refractivity contribution in [3.8, 4) is 0 Å². The lowest BCUT2D eigenvalue weighted by molar-refractivity contribution is -0.143. The molecule has 22 heavy (non-hydrogen) atoms. The predicted octanol–water partition coefficient (Wildman–Crippen LogP) is 1.88. The third-order valence-electron chi connectivity index (χ3n) is 3.84. The number of nitrogens with one attached hydrogen (secondary N) is 2. The zero-order chi connectivity index (χ0) is 16.2. The number of hydrogen-bond acceptors (Lipinski definition) is 3. The molecule has 0 saturated carbocycles. The van der Waals surface area contributed by atoms with Crippen LogP contribution in [0.3, 0.4) is 0 Å². The first-order chi connectivity index (χ1) is 10.5. The van der Waals surface area contributed by atoms with Crippen LogP contribution in [0.15, 0.2) is 36.5 Å². The Morgan fingerprint density at radius 3 is 2.50 bits per heavy atom. The Labute approximate surface area is 128 Å². The molecule has 0 aliphatic carbocycles. The molecule has 0 fully saturated rings. The predicted molar refractivity (Wildman–Crippen MR) is 81.7 cm³/mol. The highest BCUT2D eigenvalue weighted by molar-refractivity contribution is 5.93. The van der Waals surface area contributed by atoms with Crippen LogP contribution < -0.4 is 5.32 Å². The molecule has 1 heterocycles. The quantitative estimate of drug-likeness (QED) is 0.759. The van der Waals surface area contributed by atoms with E-state index in [1.54, 1.807) is 38.1 Å². The van der Waals surface area contributed by atoms with Gasteiger partial charge in [-0.3, -0.25) is 9.59 Å². The molecule has 116 valence electrons. The summed E-state index contributed by atoms with van der Waals surface area (Å²) in [7, 11) is 0. The number of rotatable bonds is 6. The molecule has 1 aromatic heterocycles. The van der Waals surface area contributed by atoms with Gasteiger partial charge in [0, 0.05) is 6.54 Å². The summed E-state index contributed by atoms with van der Waals surface area (Å²) >= 11 is 0. The summed E-state index contributed by atoms with van der Waals surface area (Å²) in [6.07, 6.45) is 1.80. The van der Waals surface area contributed by atoms with Gasteiger partial charge < -0.3 is 15.4 Å². The topological polar surface area (TPSA) is 95.1 Å². The van der Waals surface area contributed by atoms with E-state index in [2.05, 4.69) is 15.3 Å². The second-order valence-corrected chi connectivity index (χ2v) is 5.17. The Morgan fingerprint density at radius 1 is 1.32 bits per heavy atom. The van der Waals surface area contributed by atoms with E-state index in [4.69, 9.17) is 0 Å². The van der Waals surface area contributed by atoms with E-state index in [9.17, 15) is 14.7 Å². The number of carboxylic acids is 1. The van der Waals surface area contributed by atoms with Crippen molar-refractivity contribution >= 4 is 11.9 Å². The molecule has 0 spiro atoms. The number of carboxylic acid groups (broad SMARTS) is 1. The van der Waals surface area contributed by atoms with Crippen LogP contribution in [0, 0.1) is 6.92 Å². The van der Waals surface area contributed by atoms with Crippen LogP contribution in [0.25, 0.3) is 0 Å². The molecule has 3 N–H and O–H groups in total. The highest BCUT2D eigenvalue weighted by atomic mass is 16.4. The van der Waals surface area contributed by atoms with Crippen molar-refractivity contribution in [1.29, 1.82) is 0 Å². The zero-order valence-corrected chi connectivity index (χ0v) is 12.6. The van der Waals surface area contributed by atoms with Gasteiger partial charge in [-0.15, -0.1) is 0 Å². The highest BCUT2D eigenvalue weighted by Crippen LogP contribution is 2.27. The van der Waals surface area contributed by atoms with Crippen LogP contribution in [-0.2, 0) is 10.2 Å². The first-order valence-electron chi connectivity index (χ1n) is 7.08. The molecule has 1 atom stereocenters. The van der Waals surface area contributed by atoms with E-state index in [0.717, 1.165) is 0 Å². The number of aryl methyl sites for hydroxylation is 1. The fraction of sp³-hybridized carbons (Fsp3) is 0.312. The van der Waals surface area contributed by atoms with Gasteiger partial charge in [0.15, 0.2) is 0 Å². The second-order valence-electron chi connectivity index (χ2n) is 5.17. The molecule has 6 nitrogen and oxygen atoms in total. The van der Waals surface area contributed by atoms with Crippen LogP contribution in [-0.4, -0.2) is 33.5 Å². The molecule has 1 amide bonds. The molecule has 0 bridgehead atoms. The molecular weight excluding hydrogens is 282 g/mol. The Hall–Kier alpha value is -2.63. The fourth-order valence-corrected chi connectivity index (χ4v) is 2.40. The minimum Gasteiger partial charge on any atom is -0.481 e. The van der Waals surface area contributed by atoms with Crippen molar-refractivity contribution in [2.45, 2.75) is 25.7 Å². The van der Waals surface area contributed by atoms with Crippen molar-refractivity contribution in [3.05, 3.63) is 53.6 Å². The third kappa shape index (κ3) is 3.00. The first-order valence-corrected chi connectivity index (χ1v) is 7.08. The van der Waals surface area contributed by atoms with Gasteiger partial charge in [-0.25, -0.2) is 4.98 Å². The summed E-state index contributed by atoms with van der Waals surface area (Å²) in [5.41, 5.74) is -0.154. The van der Waals surface area contributed by atoms with Crippen LogP contribution in [0.5, 0.6) is 0 Å². The first kappa shape index (κ1) is 15.8. The number of imidazole rings is 1. The maximum Gasteiger partial charge on any atom is 0.315 e. The summed E-state index contributed by atoms with van der Waals surface area (Å²) in [6, 6.07) is 8.96. The molecular formula is C16H19N3O3. The van der Waals surface area contributed by atoms with Crippen molar-refractivity contribution in [2.75, 3.05) is 6.54 Å². The summed E-state index contributed by atoms with van der Waals surface area (Å²) in [5, 5.41) is 12.4. The van der Waals surface area contributed by atoms with Crippen LogP contribution in [0.2, 0.25) is 0 Å². The van der Waals surface area contributed by atoms with Crippen molar-refractivity contribution in [2.24, 2.45) is 0 Å². The Morgan fingerprint density at radius 2 is 2.00 bits per heavy atom. The lowest BCUT2D eigenvalue weighted by Crippen LogP contribution is -2.46. The molecule has 0 saturated heterocycles. The van der Waals surface area contributed by atoms with E-state index in [1.807, 2.05) is 6.07 Å². The third-order valence-corrected chi connectivity index (χ3v) is 3.84. The lowest BCUT2D eigenvalue weighted by Gasteiger charge is -2.28. The van der Waals surface area contributed by atoms with Gasteiger partial charge in [0.1, 0.15) is 16.9 Å². The van der Waals surface area contributed by atoms with Crippen LogP contribution in [0.1, 0.15) is 35.2 Å². The number of benzene rings is 1. The number of aromatic nitrogens is 2. The average Bonchev–Trinajstić information content (AvgIpc) is 2.95. The SMILES string of the molecule is CCC(CNC(=O)c1cnc(C)[nH]1)(C(=O)O)c1ccccc1. The molecule has 6 heteroatoms. The van der Waals surface area contributed by atoms with Gasteiger partial charge in [0.25, 0.3) is 5.91 Å². The lowest BCUT2D eigenvalue weighted by atomic mass is 9.78. The molecule has 0 aliphatic heterocycles.